The van der Waals surface area contributed by atoms with Crippen LogP contribution in [0, 0.1) is 17.3 Å². The molecule has 1 nitrogen and oxygen atoms in total. The van der Waals surface area contributed by atoms with Gasteiger partial charge in [-0.05, 0) is 38.5 Å². The molecule has 0 rings (SSSR count). The van der Waals surface area contributed by atoms with Crippen LogP contribution in [-0.4, -0.2) is 17.9 Å². The van der Waals surface area contributed by atoms with Crippen molar-refractivity contribution in [3.05, 3.63) is 0 Å². The summed E-state index contributed by atoms with van der Waals surface area (Å²) >= 11 is 0. The van der Waals surface area contributed by atoms with Gasteiger partial charge in [0.25, 0.3) is 5.92 Å². The van der Waals surface area contributed by atoms with Crippen LogP contribution in [0.1, 0.15) is 176 Å². The van der Waals surface area contributed by atoms with Gasteiger partial charge in [0.1, 0.15) is 5.78 Å². The highest BCUT2D eigenvalue weighted by atomic mass is 19.3. The van der Waals surface area contributed by atoms with E-state index in [1.54, 1.807) is 0 Å². The van der Waals surface area contributed by atoms with Crippen LogP contribution in [0.15, 0.2) is 0 Å². The van der Waals surface area contributed by atoms with Crippen molar-refractivity contribution in [1.82, 2.24) is 0 Å². The molecular formula is C33H63F3O. The Balaban J connectivity index is 5.84. The van der Waals surface area contributed by atoms with Crippen LogP contribution < -0.4 is 0 Å². The molecule has 0 fully saturated rings. The summed E-state index contributed by atoms with van der Waals surface area (Å²) in [5, 5.41) is 0. The Kier molecular flexibility index (Phi) is 21.0. The fraction of sp³-hybridized carbons (Fsp3) is 0.970. The lowest BCUT2D eigenvalue weighted by atomic mass is 9.61. The second-order valence-electron chi connectivity index (χ2n) is 11.9. The third-order valence-electron chi connectivity index (χ3n) is 8.77. The van der Waals surface area contributed by atoms with Crippen molar-refractivity contribution in [2.45, 2.75) is 188 Å². The van der Waals surface area contributed by atoms with Crippen LogP contribution in [-0.2, 0) is 4.79 Å². The number of carbonyl (C=O) groups is 1. The van der Waals surface area contributed by atoms with Crippen molar-refractivity contribution in [2.75, 3.05) is 0 Å². The summed E-state index contributed by atoms with van der Waals surface area (Å²) in [7, 11) is 0. The molecule has 37 heavy (non-hydrogen) atoms. The first-order valence-electron chi connectivity index (χ1n) is 16.2. The average Bonchev–Trinajstić information content (AvgIpc) is 2.86. The lowest BCUT2D eigenvalue weighted by Gasteiger charge is -2.44. The fourth-order valence-corrected chi connectivity index (χ4v) is 6.43. The summed E-state index contributed by atoms with van der Waals surface area (Å²) in [4.78, 5) is 13.3. The van der Waals surface area contributed by atoms with Crippen LogP contribution >= 0.6 is 0 Å². The van der Waals surface area contributed by atoms with E-state index in [4.69, 9.17) is 0 Å². The van der Waals surface area contributed by atoms with Crippen molar-refractivity contribution in [1.29, 1.82) is 0 Å². The smallest absolute Gasteiger partial charge is 0.282 e. The number of rotatable bonds is 26. The summed E-state index contributed by atoms with van der Waals surface area (Å²) < 4.78 is 47.0. The van der Waals surface area contributed by atoms with Gasteiger partial charge in [0, 0.05) is 11.3 Å². The molecule has 4 unspecified atom stereocenters. The van der Waals surface area contributed by atoms with Gasteiger partial charge in [0.2, 0.25) is 0 Å². The molecule has 0 spiro atoms. The third-order valence-corrected chi connectivity index (χ3v) is 8.77. The maximum Gasteiger partial charge on any atom is 0.282 e. The van der Waals surface area contributed by atoms with E-state index in [1.807, 2.05) is 13.8 Å². The second-order valence-corrected chi connectivity index (χ2v) is 11.9. The van der Waals surface area contributed by atoms with E-state index in [2.05, 4.69) is 20.8 Å². The van der Waals surface area contributed by atoms with Gasteiger partial charge in [-0.1, -0.05) is 144 Å². The van der Waals surface area contributed by atoms with Crippen molar-refractivity contribution >= 4 is 5.78 Å². The molecule has 0 aromatic carbocycles. The molecule has 0 N–H and O–H groups in total. The molecular weight excluding hydrogens is 469 g/mol. The standard InChI is InChI=1S/C33H63F3O/c1-7-12-16-19-22-29(21-17-13-8-2)23-20-27-32(26-11-5,28(6)37)30(24-18-14-9-3)33(35,36)31(34)25-15-10-4/h29-31H,7-27H2,1-6H3. The quantitative estimate of drug-likeness (QED) is 0.101. The molecule has 0 saturated heterocycles. The van der Waals surface area contributed by atoms with Crippen LogP contribution in [0.25, 0.3) is 0 Å². The predicted octanol–water partition coefficient (Wildman–Crippen LogP) is 12.1. The molecule has 4 heteroatoms. The summed E-state index contributed by atoms with van der Waals surface area (Å²) in [6, 6.07) is 0. The molecule has 222 valence electrons. The van der Waals surface area contributed by atoms with Crippen molar-refractivity contribution in [3.8, 4) is 0 Å². The minimum Gasteiger partial charge on any atom is -0.299 e. The average molecular weight is 533 g/mol. The van der Waals surface area contributed by atoms with E-state index < -0.39 is 23.4 Å². The number of alkyl halides is 3. The van der Waals surface area contributed by atoms with Crippen molar-refractivity contribution in [2.24, 2.45) is 17.3 Å². The number of hydrogen-bond donors (Lipinski definition) is 0. The molecule has 0 aromatic rings. The van der Waals surface area contributed by atoms with Crippen LogP contribution in [0.5, 0.6) is 0 Å². The summed E-state index contributed by atoms with van der Waals surface area (Å²) in [6.45, 7) is 11.9. The number of carbonyl (C=O) groups excluding carboxylic acids is 1. The third kappa shape index (κ3) is 13.4. The number of unbranched alkanes of at least 4 members (excludes halogenated alkanes) is 8. The van der Waals surface area contributed by atoms with E-state index in [9.17, 15) is 4.79 Å². The first-order chi connectivity index (χ1) is 17.7. The number of Topliss-reactive ketones (excluding diaryl/α,β-unsaturated/α-hetero) is 1. The second kappa shape index (κ2) is 21.3. The zero-order valence-electron chi connectivity index (χ0n) is 25.6. The van der Waals surface area contributed by atoms with Crippen LogP contribution in [0.3, 0.4) is 0 Å². The highest BCUT2D eigenvalue weighted by molar-refractivity contribution is 5.82. The van der Waals surface area contributed by atoms with Gasteiger partial charge in [-0.15, -0.1) is 0 Å². The summed E-state index contributed by atoms with van der Waals surface area (Å²) in [5.74, 6) is -4.22. The highest BCUT2D eigenvalue weighted by Gasteiger charge is 2.57. The van der Waals surface area contributed by atoms with Crippen LogP contribution in [0.4, 0.5) is 13.2 Å². The van der Waals surface area contributed by atoms with E-state index in [0.717, 1.165) is 25.7 Å². The van der Waals surface area contributed by atoms with Gasteiger partial charge >= 0.3 is 0 Å². The van der Waals surface area contributed by atoms with Gasteiger partial charge in [-0.2, -0.15) is 0 Å². The van der Waals surface area contributed by atoms with Gasteiger partial charge in [-0.25, -0.2) is 13.2 Å². The largest absolute Gasteiger partial charge is 0.299 e. The van der Waals surface area contributed by atoms with E-state index in [-0.39, 0.29) is 18.6 Å². The minimum atomic E-state index is -3.47. The van der Waals surface area contributed by atoms with Crippen LogP contribution in [0.2, 0.25) is 0 Å². The number of halogens is 3. The maximum absolute atomic E-state index is 15.9. The topological polar surface area (TPSA) is 17.1 Å². The molecule has 0 amide bonds. The monoisotopic (exact) mass is 532 g/mol. The SMILES string of the molecule is CCCCCCC(CCCCC)CCCC(CCC)(C(C)=O)C(CCCCC)C(F)(F)C(F)CCCC. The maximum atomic E-state index is 15.9. The molecule has 0 radical (unpaired) electrons. The normalized spacial score (nSPS) is 16.4. The summed E-state index contributed by atoms with van der Waals surface area (Å²) in [5.41, 5.74) is -1.13. The van der Waals surface area contributed by atoms with Gasteiger partial charge in [-0.3, -0.25) is 4.79 Å². The van der Waals surface area contributed by atoms with E-state index >= 15 is 13.2 Å². The zero-order chi connectivity index (χ0) is 28.2. The Morgan fingerprint density at radius 3 is 1.59 bits per heavy atom. The molecule has 0 saturated carbocycles. The molecule has 0 aromatic heterocycles. The molecule has 0 bridgehead atoms. The summed E-state index contributed by atoms with van der Waals surface area (Å²) in [6.07, 6.45) is 15.9. The fourth-order valence-electron chi connectivity index (χ4n) is 6.43. The van der Waals surface area contributed by atoms with E-state index in [0.29, 0.717) is 44.4 Å². The van der Waals surface area contributed by atoms with E-state index in [1.165, 1.54) is 64.7 Å². The first-order valence-corrected chi connectivity index (χ1v) is 16.2. The predicted molar refractivity (Wildman–Crippen MR) is 155 cm³/mol. The number of ketones is 1. The Morgan fingerprint density at radius 2 is 1.08 bits per heavy atom. The van der Waals surface area contributed by atoms with Gasteiger partial charge in [0.05, 0.1) is 0 Å². The Labute approximate surface area is 229 Å². The Bertz CT molecular complexity index is 550. The van der Waals surface area contributed by atoms with Gasteiger partial charge < -0.3 is 0 Å². The van der Waals surface area contributed by atoms with Crippen molar-refractivity contribution < 1.29 is 18.0 Å². The zero-order valence-corrected chi connectivity index (χ0v) is 25.6. The molecule has 0 heterocycles. The molecule has 0 aliphatic heterocycles. The highest BCUT2D eigenvalue weighted by Crippen LogP contribution is 2.51. The Morgan fingerprint density at radius 1 is 0.595 bits per heavy atom. The minimum absolute atomic E-state index is 0.120. The first kappa shape index (κ1) is 36.5. The Hall–Kier alpha value is -0.540. The molecule has 0 aliphatic carbocycles. The number of hydrogen-bond acceptors (Lipinski definition) is 1. The van der Waals surface area contributed by atoms with Crippen molar-refractivity contribution in [3.63, 3.8) is 0 Å². The molecule has 0 aliphatic rings. The molecule has 4 atom stereocenters. The lowest BCUT2D eigenvalue weighted by molar-refractivity contribution is -0.175. The lowest BCUT2D eigenvalue weighted by Crippen LogP contribution is -2.51. The van der Waals surface area contributed by atoms with Gasteiger partial charge in [0.15, 0.2) is 6.17 Å².